The fourth-order valence-electron chi connectivity index (χ4n) is 3.50. The van der Waals surface area contributed by atoms with E-state index in [1.54, 1.807) is 18.2 Å². The zero-order valence-corrected chi connectivity index (χ0v) is 17.4. The molecule has 3 aromatic rings. The first-order valence-electron chi connectivity index (χ1n) is 10.4. The number of nitrogens with one attached hydrogen (secondary N) is 3. The molecule has 7 nitrogen and oxygen atoms in total. The zero-order chi connectivity index (χ0) is 21.6. The fraction of sp³-hybridized carbons (Fsp3) is 0.261. The Morgan fingerprint density at radius 2 is 1.61 bits per heavy atom. The number of carbonyl (C=O) groups is 1. The minimum Gasteiger partial charge on any atom is -0.341 e. The van der Waals surface area contributed by atoms with Crippen LogP contribution < -0.4 is 20.9 Å². The summed E-state index contributed by atoms with van der Waals surface area (Å²) in [6.07, 6.45) is 3.59. The van der Waals surface area contributed by atoms with Crippen LogP contribution in [-0.2, 0) is 0 Å². The second-order valence-corrected chi connectivity index (χ2v) is 7.53. The number of hydrogen-bond acceptors (Lipinski definition) is 5. The largest absolute Gasteiger partial charge is 0.341 e. The molecule has 1 aromatic heterocycles. The maximum absolute atomic E-state index is 13.2. The molecule has 0 aliphatic carbocycles. The topological polar surface area (TPSA) is 82.2 Å². The van der Waals surface area contributed by atoms with E-state index in [0.29, 0.717) is 11.4 Å². The van der Waals surface area contributed by atoms with Gasteiger partial charge in [0, 0.05) is 41.9 Å². The molecule has 1 fully saturated rings. The SMILES string of the molecule is Cc1cc(Nc2ccc(NC(=O)Nc3cccc(F)c3)cc2)nc(N2CCCCC2)n1. The second-order valence-electron chi connectivity index (χ2n) is 7.53. The molecule has 0 unspecified atom stereocenters. The molecule has 0 bridgehead atoms. The molecule has 0 spiro atoms. The molecule has 31 heavy (non-hydrogen) atoms. The molecule has 0 saturated carbocycles. The van der Waals surface area contributed by atoms with Crippen LogP contribution >= 0.6 is 0 Å². The lowest BCUT2D eigenvalue weighted by atomic mass is 10.1. The normalized spacial score (nSPS) is 13.5. The third kappa shape index (κ3) is 5.69. The van der Waals surface area contributed by atoms with Gasteiger partial charge < -0.3 is 20.9 Å². The molecule has 1 saturated heterocycles. The molecule has 0 atom stereocenters. The van der Waals surface area contributed by atoms with E-state index in [0.717, 1.165) is 36.2 Å². The van der Waals surface area contributed by atoms with E-state index in [9.17, 15) is 9.18 Å². The molecular formula is C23H25FN6O. The Morgan fingerprint density at radius 1 is 0.903 bits per heavy atom. The Bertz CT molecular complexity index is 1050. The minimum absolute atomic E-state index is 0.388. The van der Waals surface area contributed by atoms with Crippen molar-refractivity contribution in [2.24, 2.45) is 0 Å². The van der Waals surface area contributed by atoms with Crippen molar-refractivity contribution in [1.29, 1.82) is 0 Å². The molecule has 8 heteroatoms. The van der Waals surface area contributed by atoms with Crippen LogP contribution in [0.3, 0.4) is 0 Å². The number of amides is 2. The number of nitrogens with zero attached hydrogens (tertiary/aromatic N) is 3. The van der Waals surface area contributed by atoms with Crippen molar-refractivity contribution >= 4 is 34.9 Å². The minimum atomic E-state index is -0.441. The lowest BCUT2D eigenvalue weighted by molar-refractivity contribution is 0.262. The van der Waals surface area contributed by atoms with Crippen LogP contribution in [0.5, 0.6) is 0 Å². The molecular weight excluding hydrogens is 395 g/mol. The lowest BCUT2D eigenvalue weighted by Crippen LogP contribution is -2.31. The van der Waals surface area contributed by atoms with Crippen LogP contribution in [0, 0.1) is 12.7 Å². The number of benzene rings is 2. The third-order valence-electron chi connectivity index (χ3n) is 4.98. The van der Waals surface area contributed by atoms with Gasteiger partial charge in [0.25, 0.3) is 0 Å². The number of rotatable bonds is 5. The molecule has 2 heterocycles. The van der Waals surface area contributed by atoms with Crippen molar-refractivity contribution in [3.63, 3.8) is 0 Å². The van der Waals surface area contributed by atoms with Gasteiger partial charge in [-0.25, -0.2) is 14.2 Å². The van der Waals surface area contributed by atoms with Crippen LogP contribution in [0.1, 0.15) is 25.0 Å². The Kier molecular flexibility index (Phi) is 6.26. The maximum Gasteiger partial charge on any atom is 0.323 e. The molecule has 2 aromatic carbocycles. The van der Waals surface area contributed by atoms with Crippen molar-refractivity contribution in [2.75, 3.05) is 33.9 Å². The summed E-state index contributed by atoms with van der Waals surface area (Å²) in [5, 5.41) is 8.63. The fourth-order valence-corrected chi connectivity index (χ4v) is 3.50. The molecule has 1 aliphatic heterocycles. The van der Waals surface area contributed by atoms with Gasteiger partial charge in [0.1, 0.15) is 11.6 Å². The van der Waals surface area contributed by atoms with Crippen molar-refractivity contribution < 1.29 is 9.18 Å². The van der Waals surface area contributed by atoms with Gasteiger partial charge in [-0.3, -0.25) is 0 Å². The van der Waals surface area contributed by atoms with Crippen molar-refractivity contribution in [1.82, 2.24) is 9.97 Å². The lowest BCUT2D eigenvalue weighted by Gasteiger charge is -2.27. The molecule has 1 aliphatic rings. The van der Waals surface area contributed by atoms with Crippen LogP contribution in [0.2, 0.25) is 0 Å². The van der Waals surface area contributed by atoms with E-state index in [4.69, 9.17) is 0 Å². The summed E-state index contributed by atoms with van der Waals surface area (Å²) in [6, 6.07) is 14.5. The Balaban J connectivity index is 1.38. The van der Waals surface area contributed by atoms with Gasteiger partial charge in [-0.2, -0.15) is 4.98 Å². The number of urea groups is 1. The predicted octanol–water partition coefficient (Wildman–Crippen LogP) is 5.30. The van der Waals surface area contributed by atoms with E-state index >= 15 is 0 Å². The van der Waals surface area contributed by atoms with E-state index in [1.807, 2.05) is 25.1 Å². The standard InChI is InChI=1S/C23H25FN6O/c1-16-14-21(29-22(25-16)30-12-3-2-4-13-30)26-18-8-10-19(11-9-18)27-23(31)28-20-7-5-6-17(24)15-20/h5-11,14-15H,2-4,12-13H2,1H3,(H,25,26,29)(H2,27,28,31). The maximum atomic E-state index is 13.2. The van der Waals surface area contributed by atoms with Gasteiger partial charge in [-0.1, -0.05) is 6.07 Å². The molecule has 0 radical (unpaired) electrons. The van der Waals surface area contributed by atoms with Gasteiger partial charge in [-0.15, -0.1) is 0 Å². The highest BCUT2D eigenvalue weighted by molar-refractivity contribution is 5.99. The van der Waals surface area contributed by atoms with Crippen LogP contribution in [0.4, 0.5) is 38.0 Å². The number of hydrogen-bond donors (Lipinski definition) is 3. The number of piperidine rings is 1. The van der Waals surface area contributed by atoms with E-state index in [-0.39, 0.29) is 0 Å². The summed E-state index contributed by atoms with van der Waals surface area (Å²) in [4.78, 5) is 23.6. The average Bonchev–Trinajstić information content (AvgIpc) is 2.75. The van der Waals surface area contributed by atoms with Gasteiger partial charge in [-0.05, 0) is 68.7 Å². The number of anilines is 5. The van der Waals surface area contributed by atoms with Crippen molar-refractivity contribution in [2.45, 2.75) is 26.2 Å². The molecule has 160 valence electrons. The summed E-state index contributed by atoms with van der Waals surface area (Å²) >= 11 is 0. The summed E-state index contributed by atoms with van der Waals surface area (Å²) in [5.74, 6) is 1.09. The monoisotopic (exact) mass is 420 g/mol. The Labute approximate surface area is 180 Å². The van der Waals surface area contributed by atoms with Crippen molar-refractivity contribution in [3.05, 3.63) is 66.1 Å². The Hall–Kier alpha value is -3.68. The number of aryl methyl sites for hydroxylation is 1. The summed E-state index contributed by atoms with van der Waals surface area (Å²) in [7, 11) is 0. The van der Waals surface area contributed by atoms with Crippen LogP contribution in [-0.4, -0.2) is 29.1 Å². The highest BCUT2D eigenvalue weighted by atomic mass is 19.1. The van der Waals surface area contributed by atoms with Gasteiger partial charge in [0.05, 0.1) is 0 Å². The van der Waals surface area contributed by atoms with E-state index in [2.05, 4.69) is 30.8 Å². The van der Waals surface area contributed by atoms with Crippen LogP contribution in [0.15, 0.2) is 54.6 Å². The molecule has 3 N–H and O–H groups in total. The quantitative estimate of drug-likeness (QED) is 0.522. The first-order valence-corrected chi connectivity index (χ1v) is 10.4. The smallest absolute Gasteiger partial charge is 0.323 e. The van der Waals surface area contributed by atoms with Gasteiger partial charge >= 0.3 is 6.03 Å². The van der Waals surface area contributed by atoms with Gasteiger partial charge in [0.2, 0.25) is 5.95 Å². The molecule has 4 rings (SSSR count). The number of carbonyl (C=O) groups excluding carboxylic acids is 1. The highest BCUT2D eigenvalue weighted by Crippen LogP contribution is 2.22. The van der Waals surface area contributed by atoms with Gasteiger partial charge in [0.15, 0.2) is 0 Å². The summed E-state index contributed by atoms with van der Waals surface area (Å²) in [5.41, 5.74) is 2.76. The molecule has 2 amide bonds. The number of halogens is 1. The Morgan fingerprint density at radius 3 is 2.35 bits per heavy atom. The third-order valence-corrected chi connectivity index (χ3v) is 4.98. The summed E-state index contributed by atoms with van der Waals surface area (Å²) in [6.45, 7) is 3.94. The zero-order valence-electron chi connectivity index (χ0n) is 17.4. The average molecular weight is 420 g/mol. The second kappa shape index (κ2) is 9.42. The first kappa shape index (κ1) is 20.6. The first-order chi connectivity index (χ1) is 15.0. The van der Waals surface area contributed by atoms with Crippen LogP contribution in [0.25, 0.3) is 0 Å². The summed E-state index contributed by atoms with van der Waals surface area (Å²) < 4.78 is 13.2. The highest BCUT2D eigenvalue weighted by Gasteiger charge is 2.14. The van der Waals surface area contributed by atoms with Crippen molar-refractivity contribution in [3.8, 4) is 0 Å². The van der Waals surface area contributed by atoms with E-state index in [1.165, 1.54) is 37.5 Å². The van der Waals surface area contributed by atoms with E-state index < -0.39 is 11.8 Å². The number of aromatic nitrogens is 2. The predicted molar refractivity (Wildman–Crippen MR) is 122 cm³/mol.